The van der Waals surface area contributed by atoms with Gasteiger partial charge in [-0.1, -0.05) is 0 Å². The number of H-pyrrole nitrogens is 1. The number of carbonyl (C=O) groups is 1. The summed E-state index contributed by atoms with van der Waals surface area (Å²) >= 11 is 0. The van der Waals surface area contributed by atoms with Gasteiger partial charge in [0, 0.05) is 25.1 Å². The Bertz CT molecular complexity index is 576. The van der Waals surface area contributed by atoms with Crippen molar-refractivity contribution in [2.45, 2.75) is 76.7 Å². The molecular formula is C17H27N3O3. The van der Waals surface area contributed by atoms with E-state index >= 15 is 0 Å². The van der Waals surface area contributed by atoms with E-state index in [9.17, 15) is 4.79 Å². The van der Waals surface area contributed by atoms with Crippen LogP contribution >= 0.6 is 0 Å². The van der Waals surface area contributed by atoms with Gasteiger partial charge in [0.2, 0.25) is 0 Å². The van der Waals surface area contributed by atoms with Crippen molar-refractivity contribution in [3.05, 3.63) is 17.0 Å². The molecule has 0 spiro atoms. The molecule has 0 bridgehead atoms. The number of hydrogen-bond acceptors (Lipinski definition) is 4. The number of aromatic amines is 1. The molecule has 0 aromatic carbocycles. The first-order valence-electron chi connectivity index (χ1n) is 8.50. The van der Waals surface area contributed by atoms with Crippen LogP contribution in [0.2, 0.25) is 0 Å². The quantitative estimate of drug-likeness (QED) is 0.897. The smallest absolute Gasteiger partial charge is 0.272 e. The van der Waals surface area contributed by atoms with Gasteiger partial charge in [-0.25, -0.2) is 0 Å². The maximum Gasteiger partial charge on any atom is 0.272 e. The highest BCUT2D eigenvalue weighted by Gasteiger charge is 2.33. The van der Waals surface area contributed by atoms with Gasteiger partial charge in [0.15, 0.2) is 5.69 Å². The number of hydrogen-bond donors (Lipinski definition) is 2. The molecule has 23 heavy (non-hydrogen) atoms. The largest absolute Gasteiger partial charge is 0.379 e. The van der Waals surface area contributed by atoms with Crippen LogP contribution in [0.25, 0.3) is 0 Å². The van der Waals surface area contributed by atoms with Crippen molar-refractivity contribution in [3.8, 4) is 0 Å². The minimum absolute atomic E-state index is 0.0418. The van der Waals surface area contributed by atoms with Crippen molar-refractivity contribution in [2.24, 2.45) is 0 Å². The maximum absolute atomic E-state index is 12.6. The predicted octanol–water partition coefficient (Wildman–Crippen LogP) is 2.51. The lowest BCUT2D eigenvalue weighted by Gasteiger charge is -2.36. The molecule has 0 unspecified atom stereocenters. The standard InChI is InChI=1S/C17H27N3O3/c1-10-9-13-14(11(2)23-10)19-20-15(13)16(21)18-12-5-7-17(3,22-4)8-6-12/h10-12H,5-9H2,1-4H3,(H,18,21)(H,19,20)/t10-,11+,12?,17?/m0/s1. The highest BCUT2D eigenvalue weighted by atomic mass is 16.5. The normalized spacial score (nSPS) is 34.0. The summed E-state index contributed by atoms with van der Waals surface area (Å²) in [5.41, 5.74) is 2.42. The third-order valence-corrected chi connectivity index (χ3v) is 5.32. The molecule has 1 aromatic rings. The van der Waals surface area contributed by atoms with Crippen LogP contribution in [0, 0.1) is 0 Å². The summed E-state index contributed by atoms with van der Waals surface area (Å²) in [5, 5.41) is 10.4. The number of methoxy groups -OCH3 is 1. The summed E-state index contributed by atoms with van der Waals surface area (Å²) in [6.07, 6.45) is 4.62. The van der Waals surface area contributed by atoms with E-state index in [0.29, 0.717) is 5.69 Å². The van der Waals surface area contributed by atoms with Crippen LogP contribution in [0.15, 0.2) is 0 Å². The van der Waals surface area contributed by atoms with E-state index in [2.05, 4.69) is 22.4 Å². The molecule has 2 aliphatic rings. The zero-order valence-electron chi connectivity index (χ0n) is 14.4. The van der Waals surface area contributed by atoms with Gasteiger partial charge in [-0.2, -0.15) is 5.10 Å². The average molecular weight is 321 g/mol. The third kappa shape index (κ3) is 3.28. The van der Waals surface area contributed by atoms with E-state index in [0.717, 1.165) is 43.4 Å². The zero-order chi connectivity index (χ0) is 16.6. The van der Waals surface area contributed by atoms with Crippen molar-refractivity contribution < 1.29 is 14.3 Å². The lowest BCUT2D eigenvalue weighted by molar-refractivity contribution is -0.0287. The summed E-state index contributed by atoms with van der Waals surface area (Å²) in [6.45, 7) is 6.15. The Kier molecular flexibility index (Phi) is 4.47. The highest BCUT2D eigenvalue weighted by molar-refractivity contribution is 5.94. The second-order valence-electron chi connectivity index (χ2n) is 7.16. The fourth-order valence-electron chi connectivity index (χ4n) is 3.69. The minimum Gasteiger partial charge on any atom is -0.379 e. The maximum atomic E-state index is 12.6. The van der Waals surface area contributed by atoms with Crippen LogP contribution in [0.3, 0.4) is 0 Å². The van der Waals surface area contributed by atoms with E-state index in [1.165, 1.54) is 0 Å². The molecule has 3 rings (SSSR count). The number of nitrogens with zero attached hydrogens (tertiary/aromatic N) is 1. The number of aromatic nitrogens is 2. The Morgan fingerprint density at radius 1 is 1.39 bits per heavy atom. The molecule has 6 nitrogen and oxygen atoms in total. The van der Waals surface area contributed by atoms with Gasteiger partial charge in [-0.15, -0.1) is 0 Å². The summed E-state index contributed by atoms with van der Waals surface area (Å²) < 4.78 is 11.3. The number of nitrogens with one attached hydrogen (secondary N) is 2. The third-order valence-electron chi connectivity index (χ3n) is 5.32. The first-order valence-corrected chi connectivity index (χ1v) is 8.50. The Balaban J connectivity index is 1.66. The Morgan fingerprint density at radius 3 is 2.74 bits per heavy atom. The van der Waals surface area contributed by atoms with Crippen molar-refractivity contribution in [1.29, 1.82) is 0 Å². The van der Waals surface area contributed by atoms with E-state index in [-0.39, 0.29) is 29.8 Å². The molecule has 1 saturated carbocycles. The van der Waals surface area contributed by atoms with Crippen molar-refractivity contribution in [2.75, 3.05) is 7.11 Å². The minimum atomic E-state index is -0.0742. The number of carbonyl (C=O) groups excluding carboxylic acids is 1. The zero-order valence-corrected chi connectivity index (χ0v) is 14.4. The van der Waals surface area contributed by atoms with Crippen LogP contribution in [0.4, 0.5) is 0 Å². The van der Waals surface area contributed by atoms with Crippen LogP contribution in [-0.2, 0) is 15.9 Å². The summed E-state index contributed by atoms with van der Waals surface area (Å²) in [4.78, 5) is 12.6. The van der Waals surface area contributed by atoms with Crippen LogP contribution < -0.4 is 5.32 Å². The first kappa shape index (κ1) is 16.5. The Morgan fingerprint density at radius 2 is 2.09 bits per heavy atom. The number of fused-ring (bicyclic) bond motifs is 1. The molecular weight excluding hydrogens is 294 g/mol. The average Bonchev–Trinajstić information content (AvgIpc) is 2.94. The fraction of sp³-hybridized carbons (Fsp3) is 0.765. The van der Waals surface area contributed by atoms with Crippen molar-refractivity contribution in [1.82, 2.24) is 15.5 Å². The number of amides is 1. The molecule has 1 amide bonds. The molecule has 128 valence electrons. The second-order valence-corrected chi connectivity index (χ2v) is 7.16. The summed E-state index contributed by atoms with van der Waals surface area (Å²) in [6, 6.07) is 0.202. The van der Waals surface area contributed by atoms with Gasteiger partial charge in [-0.05, 0) is 46.5 Å². The summed E-state index contributed by atoms with van der Waals surface area (Å²) in [7, 11) is 1.76. The molecule has 2 atom stereocenters. The molecule has 0 saturated heterocycles. The lowest BCUT2D eigenvalue weighted by atomic mass is 9.83. The van der Waals surface area contributed by atoms with Crippen LogP contribution in [-0.4, -0.2) is 41.0 Å². The summed E-state index contributed by atoms with van der Waals surface area (Å²) in [5.74, 6) is -0.0742. The number of ether oxygens (including phenoxy) is 2. The van der Waals surface area contributed by atoms with Gasteiger partial charge in [0.25, 0.3) is 5.91 Å². The molecule has 1 aliphatic heterocycles. The van der Waals surface area contributed by atoms with Crippen molar-refractivity contribution in [3.63, 3.8) is 0 Å². The van der Waals surface area contributed by atoms with Crippen LogP contribution in [0.5, 0.6) is 0 Å². The molecule has 2 N–H and O–H groups in total. The number of rotatable bonds is 3. The van der Waals surface area contributed by atoms with Crippen LogP contribution in [0.1, 0.15) is 74.3 Å². The monoisotopic (exact) mass is 321 g/mol. The van der Waals surface area contributed by atoms with Gasteiger partial charge >= 0.3 is 0 Å². The fourth-order valence-corrected chi connectivity index (χ4v) is 3.69. The Labute approximate surface area is 137 Å². The van der Waals surface area contributed by atoms with E-state index in [1.54, 1.807) is 7.11 Å². The first-order chi connectivity index (χ1) is 10.9. The predicted molar refractivity (Wildman–Crippen MR) is 86.4 cm³/mol. The molecule has 1 aromatic heterocycles. The topological polar surface area (TPSA) is 76.2 Å². The van der Waals surface area contributed by atoms with Crippen molar-refractivity contribution >= 4 is 5.91 Å². The van der Waals surface area contributed by atoms with E-state index < -0.39 is 0 Å². The molecule has 6 heteroatoms. The SMILES string of the molecule is COC1(C)CCC(NC(=O)c2n[nH]c3c2C[C@H](C)O[C@@H]3C)CC1. The highest BCUT2D eigenvalue weighted by Crippen LogP contribution is 2.32. The molecule has 2 heterocycles. The van der Waals surface area contributed by atoms with Gasteiger partial charge in [0.05, 0.1) is 23.5 Å². The molecule has 1 aliphatic carbocycles. The van der Waals surface area contributed by atoms with Gasteiger partial charge in [0.1, 0.15) is 0 Å². The molecule has 0 radical (unpaired) electrons. The lowest BCUT2D eigenvalue weighted by Crippen LogP contribution is -2.43. The van der Waals surface area contributed by atoms with E-state index in [4.69, 9.17) is 9.47 Å². The van der Waals surface area contributed by atoms with Gasteiger partial charge < -0.3 is 14.8 Å². The molecule has 1 fully saturated rings. The van der Waals surface area contributed by atoms with E-state index in [1.807, 2.05) is 13.8 Å². The second kappa shape index (κ2) is 6.24. The Hall–Kier alpha value is -1.40. The van der Waals surface area contributed by atoms with Gasteiger partial charge in [-0.3, -0.25) is 9.89 Å².